The van der Waals surface area contributed by atoms with Gasteiger partial charge in [0, 0.05) is 57.9 Å². The van der Waals surface area contributed by atoms with Crippen molar-refractivity contribution >= 4 is 0 Å². The van der Waals surface area contributed by atoms with E-state index in [1.54, 1.807) is 6.26 Å². The Hall–Kier alpha value is -0.910. The first-order chi connectivity index (χ1) is 10.9. The van der Waals surface area contributed by atoms with Gasteiger partial charge in [0.15, 0.2) is 6.39 Å². The SMILES string of the molecule is c1nc(CN2CC(N3CCN(C4CCCCC4)CC3)C2)co1. The molecule has 0 atom stereocenters. The van der Waals surface area contributed by atoms with E-state index < -0.39 is 0 Å². The maximum absolute atomic E-state index is 5.04. The molecule has 5 heteroatoms. The minimum Gasteiger partial charge on any atom is -0.451 e. The first kappa shape index (κ1) is 14.7. The second kappa shape index (κ2) is 6.69. The van der Waals surface area contributed by atoms with Gasteiger partial charge in [0.2, 0.25) is 0 Å². The van der Waals surface area contributed by atoms with Crippen LogP contribution in [0.25, 0.3) is 0 Å². The number of nitrogens with zero attached hydrogens (tertiary/aromatic N) is 4. The molecule has 122 valence electrons. The van der Waals surface area contributed by atoms with Gasteiger partial charge in [-0.1, -0.05) is 19.3 Å². The zero-order valence-corrected chi connectivity index (χ0v) is 13.5. The smallest absolute Gasteiger partial charge is 0.180 e. The van der Waals surface area contributed by atoms with Crippen molar-refractivity contribution in [3.8, 4) is 0 Å². The number of rotatable bonds is 4. The molecule has 0 amide bonds. The lowest BCUT2D eigenvalue weighted by atomic mass is 9.93. The van der Waals surface area contributed by atoms with E-state index in [-0.39, 0.29) is 0 Å². The summed E-state index contributed by atoms with van der Waals surface area (Å²) in [5.74, 6) is 0. The van der Waals surface area contributed by atoms with E-state index >= 15 is 0 Å². The molecule has 3 aliphatic rings. The Morgan fingerprint density at radius 2 is 1.64 bits per heavy atom. The van der Waals surface area contributed by atoms with Gasteiger partial charge in [0.25, 0.3) is 0 Å². The molecule has 0 spiro atoms. The van der Waals surface area contributed by atoms with Gasteiger partial charge in [-0.25, -0.2) is 4.98 Å². The Balaban J connectivity index is 1.19. The second-order valence-corrected chi connectivity index (χ2v) is 7.19. The molecule has 4 rings (SSSR count). The molecular weight excluding hydrogens is 276 g/mol. The molecule has 0 radical (unpaired) electrons. The Morgan fingerprint density at radius 3 is 2.27 bits per heavy atom. The Morgan fingerprint density at radius 1 is 0.955 bits per heavy atom. The molecule has 0 unspecified atom stereocenters. The van der Waals surface area contributed by atoms with Gasteiger partial charge in [0.05, 0.1) is 5.69 Å². The molecule has 3 heterocycles. The molecule has 0 bridgehead atoms. The Kier molecular flexibility index (Phi) is 4.46. The summed E-state index contributed by atoms with van der Waals surface area (Å²) in [6.07, 6.45) is 10.5. The van der Waals surface area contributed by atoms with Gasteiger partial charge < -0.3 is 4.42 Å². The summed E-state index contributed by atoms with van der Waals surface area (Å²) in [7, 11) is 0. The topological polar surface area (TPSA) is 35.8 Å². The minimum absolute atomic E-state index is 0.764. The fourth-order valence-electron chi connectivity index (χ4n) is 4.36. The number of hydrogen-bond acceptors (Lipinski definition) is 5. The zero-order chi connectivity index (χ0) is 14.8. The Labute approximate surface area is 133 Å². The van der Waals surface area contributed by atoms with Crippen molar-refractivity contribution < 1.29 is 4.42 Å². The zero-order valence-electron chi connectivity index (χ0n) is 13.5. The van der Waals surface area contributed by atoms with E-state index in [1.165, 1.54) is 77.8 Å². The van der Waals surface area contributed by atoms with Gasteiger partial charge in [-0.05, 0) is 12.8 Å². The highest BCUT2D eigenvalue weighted by Crippen LogP contribution is 2.25. The lowest BCUT2D eigenvalue weighted by molar-refractivity contribution is -0.0108. The highest BCUT2D eigenvalue weighted by molar-refractivity contribution is 4.97. The van der Waals surface area contributed by atoms with E-state index in [4.69, 9.17) is 4.42 Å². The number of hydrogen-bond donors (Lipinski definition) is 0. The maximum atomic E-state index is 5.04. The molecule has 0 aromatic carbocycles. The standard InChI is InChI=1S/C17H28N4O/c1-2-4-16(5-3-1)20-6-8-21(9-7-20)17-11-19(12-17)10-15-13-22-14-18-15/h13-14,16-17H,1-12H2. The Bertz CT molecular complexity index is 443. The first-order valence-electron chi connectivity index (χ1n) is 8.96. The predicted octanol–water partition coefficient (Wildman–Crippen LogP) is 1.81. The summed E-state index contributed by atoms with van der Waals surface area (Å²) in [5.41, 5.74) is 1.06. The fourth-order valence-corrected chi connectivity index (χ4v) is 4.36. The van der Waals surface area contributed by atoms with Crippen LogP contribution in [0.15, 0.2) is 17.1 Å². The molecule has 1 aliphatic carbocycles. The molecule has 1 aromatic heterocycles. The fraction of sp³-hybridized carbons (Fsp3) is 0.824. The van der Waals surface area contributed by atoms with Crippen LogP contribution in [-0.2, 0) is 6.54 Å². The van der Waals surface area contributed by atoms with E-state index in [1.807, 2.05) is 0 Å². The van der Waals surface area contributed by atoms with Crippen molar-refractivity contribution in [3.05, 3.63) is 18.4 Å². The summed E-state index contributed by atoms with van der Waals surface area (Å²) in [4.78, 5) is 12.1. The van der Waals surface area contributed by atoms with Crippen LogP contribution in [0.5, 0.6) is 0 Å². The molecule has 2 aliphatic heterocycles. The number of piperazine rings is 1. The van der Waals surface area contributed by atoms with Gasteiger partial charge in [-0.15, -0.1) is 0 Å². The highest BCUT2D eigenvalue weighted by Gasteiger charge is 2.34. The molecule has 5 nitrogen and oxygen atoms in total. The van der Waals surface area contributed by atoms with Crippen molar-refractivity contribution in [2.75, 3.05) is 39.3 Å². The summed E-state index contributed by atoms with van der Waals surface area (Å²) < 4.78 is 5.04. The van der Waals surface area contributed by atoms with Crippen LogP contribution in [0.4, 0.5) is 0 Å². The lowest BCUT2D eigenvalue weighted by Gasteiger charge is -2.49. The molecule has 3 fully saturated rings. The van der Waals surface area contributed by atoms with Gasteiger partial charge >= 0.3 is 0 Å². The van der Waals surface area contributed by atoms with E-state index in [0.717, 1.165) is 24.3 Å². The van der Waals surface area contributed by atoms with Crippen molar-refractivity contribution in [2.45, 2.75) is 50.7 Å². The monoisotopic (exact) mass is 304 g/mol. The first-order valence-corrected chi connectivity index (χ1v) is 8.96. The molecule has 2 saturated heterocycles. The van der Waals surface area contributed by atoms with Gasteiger partial charge in [0.1, 0.15) is 6.26 Å². The van der Waals surface area contributed by atoms with Crippen LogP contribution in [0.3, 0.4) is 0 Å². The van der Waals surface area contributed by atoms with Gasteiger partial charge in [-0.3, -0.25) is 14.7 Å². The van der Waals surface area contributed by atoms with E-state index in [2.05, 4.69) is 19.7 Å². The summed E-state index contributed by atoms with van der Waals surface area (Å²) in [6, 6.07) is 1.65. The van der Waals surface area contributed by atoms with Crippen molar-refractivity contribution in [1.82, 2.24) is 19.7 Å². The molecule has 0 N–H and O–H groups in total. The average molecular weight is 304 g/mol. The van der Waals surface area contributed by atoms with Crippen LogP contribution in [-0.4, -0.2) is 71.0 Å². The lowest BCUT2D eigenvalue weighted by Crippen LogP contribution is -2.63. The van der Waals surface area contributed by atoms with Crippen molar-refractivity contribution in [1.29, 1.82) is 0 Å². The minimum atomic E-state index is 0.764. The molecular formula is C17H28N4O. The highest BCUT2D eigenvalue weighted by atomic mass is 16.3. The average Bonchev–Trinajstić information content (AvgIpc) is 3.05. The van der Waals surface area contributed by atoms with Gasteiger partial charge in [-0.2, -0.15) is 0 Å². The van der Waals surface area contributed by atoms with Crippen LogP contribution in [0, 0.1) is 0 Å². The van der Waals surface area contributed by atoms with Crippen LogP contribution in [0.1, 0.15) is 37.8 Å². The quantitative estimate of drug-likeness (QED) is 0.848. The number of oxazole rings is 1. The normalized spacial score (nSPS) is 27.1. The summed E-state index contributed by atoms with van der Waals surface area (Å²) in [5, 5.41) is 0. The second-order valence-electron chi connectivity index (χ2n) is 7.19. The van der Waals surface area contributed by atoms with E-state index in [0.29, 0.717) is 0 Å². The number of likely N-dealkylation sites (tertiary alicyclic amines) is 1. The third-order valence-electron chi connectivity index (χ3n) is 5.76. The van der Waals surface area contributed by atoms with Crippen LogP contribution in [0.2, 0.25) is 0 Å². The summed E-state index contributed by atoms with van der Waals surface area (Å²) >= 11 is 0. The van der Waals surface area contributed by atoms with Crippen LogP contribution < -0.4 is 0 Å². The molecule has 1 saturated carbocycles. The van der Waals surface area contributed by atoms with Crippen LogP contribution >= 0.6 is 0 Å². The van der Waals surface area contributed by atoms with E-state index in [9.17, 15) is 0 Å². The predicted molar refractivity (Wildman–Crippen MR) is 85.6 cm³/mol. The van der Waals surface area contributed by atoms with Crippen molar-refractivity contribution in [3.63, 3.8) is 0 Å². The molecule has 22 heavy (non-hydrogen) atoms. The number of aromatic nitrogens is 1. The summed E-state index contributed by atoms with van der Waals surface area (Å²) in [6.45, 7) is 8.41. The largest absolute Gasteiger partial charge is 0.451 e. The molecule has 1 aromatic rings. The van der Waals surface area contributed by atoms with Crippen molar-refractivity contribution in [2.24, 2.45) is 0 Å². The maximum Gasteiger partial charge on any atom is 0.180 e. The third kappa shape index (κ3) is 3.21. The third-order valence-corrected chi connectivity index (χ3v) is 5.76.